The van der Waals surface area contributed by atoms with Gasteiger partial charge in [-0.2, -0.15) is 0 Å². The van der Waals surface area contributed by atoms with Crippen LogP contribution >= 0.6 is 0 Å². The molecule has 6 nitrogen and oxygen atoms in total. The van der Waals surface area contributed by atoms with Gasteiger partial charge in [-0.3, -0.25) is 9.59 Å². The molecule has 2 amide bonds. The van der Waals surface area contributed by atoms with Gasteiger partial charge in [0.15, 0.2) is 0 Å². The van der Waals surface area contributed by atoms with Crippen molar-refractivity contribution in [2.75, 3.05) is 22.1 Å². The average molecular weight is 284 g/mol. The molecule has 0 unspecified atom stereocenters. The zero-order valence-electron chi connectivity index (χ0n) is 11.5. The van der Waals surface area contributed by atoms with Gasteiger partial charge in [0.1, 0.15) is 0 Å². The molecule has 0 aliphatic rings. The minimum absolute atomic E-state index is 0.149. The maximum absolute atomic E-state index is 12.1. The van der Waals surface area contributed by atoms with E-state index in [0.717, 1.165) is 0 Å². The van der Waals surface area contributed by atoms with Gasteiger partial charge >= 0.3 is 0 Å². The molecule has 0 radical (unpaired) electrons. The number of nitrogens with two attached hydrogens (primary N) is 2. The van der Waals surface area contributed by atoms with Gasteiger partial charge in [-0.05, 0) is 42.5 Å². The largest absolute Gasteiger partial charge is 0.397 e. The molecule has 0 aliphatic carbocycles. The number of amides is 2. The number of hydrogen-bond acceptors (Lipinski definition) is 4. The fourth-order valence-electron chi connectivity index (χ4n) is 1.76. The lowest BCUT2D eigenvalue weighted by Gasteiger charge is -2.08. The molecule has 0 heterocycles. The molecule has 21 heavy (non-hydrogen) atoms. The summed E-state index contributed by atoms with van der Waals surface area (Å²) in [5, 5.41) is 5.39. The normalized spacial score (nSPS) is 9.95. The summed E-state index contributed by atoms with van der Waals surface area (Å²) in [6.07, 6.45) is 0. The number of carbonyl (C=O) groups is 2. The van der Waals surface area contributed by atoms with Crippen molar-refractivity contribution in [2.24, 2.45) is 0 Å². The minimum Gasteiger partial charge on any atom is -0.397 e. The zero-order valence-corrected chi connectivity index (χ0v) is 11.5. The first kappa shape index (κ1) is 14.4. The van der Waals surface area contributed by atoms with Crippen LogP contribution in [0.25, 0.3) is 0 Å². The summed E-state index contributed by atoms with van der Waals surface area (Å²) in [6, 6.07) is 11.5. The van der Waals surface area contributed by atoms with Crippen molar-refractivity contribution in [3.8, 4) is 0 Å². The number of nitrogen functional groups attached to an aromatic ring is 2. The maximum atomic E-state index is 12.1. The van der Waals surface area contributed by atoms with Crippen LogP contribution < -0.4 is 22.1 Å². The molecular weight excluding hydrogens is 268 g/mol. The lowest BCUT2D eigenvalue weighted by atomic mass is 10.1. The SMILES string of the molecule is CC(=O)Nc1ccc(NC(=O)c2ccc(N)c(N)c2)cc1. The number of rotatable bonds is 3. The molecule has 0 saturated heterocycles. The van der Waals surface area contributed by atoms with E-state index in [9.17, 15) is 9.59 Å². The highest BCUT2D eigenvalue weighted by Gasteiger charge is 2.07. The Morgan fingerprint density at radius 2 is 1.43 bits per heavy atom. The van der Waals surface area contributed by atoms with Crippen molar-refractivity contribution < 1.29 is 9.59 Å². The van der Waals surface area contributed by atoms with E-state index in [4.69, 9.17) is 11.5 Å². The van der Waals surface area contributed by atoms with Gasteiger partial charge in [-0.1, -0.05) is 0 Å². The zero-order chi connectivity index (χ0) is 15.4. The maximum Gasteiger partial charge on any atom is 0.255 e. The summed E-state index contributed by atoms with van der Waals surface area (Å²) >= 11 is 0. The van der Waals surface area contributed by atoms with Crippen molar-refractivity contribution in [1.82, 2.24) is 0 Å². The van der Waals surface area contributed by atoms with Crippen LogP contribution in [0.5, 0.6) is 0 Å². The van der Waals surface area contributed by atoms with E-state index >= 15 is 0 Å². The van der Waals surface area contributed by atoms with Gasteiger partial charge < -0.3 is 22.1 Å². The Morgan fingerprint density at radius 3 is 1.95 bits per heavy atom. The van der Waals surface area contributed by atoms with Crippen LogP contribution in [0.2, 0.25) is 0 Å². The van der Waals surface area contributed by atoms with Crippen molar-refractivity contribution >= 4 is 34.6 Å². The van der Waals surface area contributed by atoms with Gasteiger partial charge in [0.25, 0.3) is 5.91 Å². The first-order valence-corrected chi connectivity index (χ1v) is 6.29. The molecule has 0 aromatic heterocycles. The topological polar surface area (TPSA) is 110 Å². The summed E-state index contributed by atoms with van der Waals surface area (Å²) in [7, 11) is 0. The summed E-state index contributed by atoms with van der Waals surface area (Å²) in [5.74, 6) is -0.432. The lowest BCUT2D eigenvalue weighted by Crippen LogP contribution is -2.12. The molecule has 0 bridgehead atoms. The molecule has 2 aromatic carbocycles. The first-order valence-electron chi connectivity index (χ1n) is 6.29. The smallest absolute Gasteiger partial charge is 0.255 e. The highest BCUT2D eigenvalue weighted by atomic mass is 16.2. The second kappa shape index (κ2) is 5.96. The second-order valence-corrected chi connectivity index (χ2v) is 4.56. The highest BCUT2D eigenvalue weighted by molar-refractivity contribution is 6.05. The number of carbonyl (C=O) groups excluding carboxylic acids is 2. The third-order valence-corrected chi connectivity index (χ3v) is 2.81. The molecule has 108 valence electrons. The first-order chi connectivity index (χ1) is 9.95. The Kier molecular flexibility index (Phi) is 4.08. The van der Waals surface area contributed by atoms with Crippen LogP contribution in [0, 0.1) is 0 Å². The Labute approximate surface area is 122 Å². The van der Waals surface area contributed by atoms with Crippen LogP contribution in [-0.2, 0) is 4.79 Å². The third kappa shape index (κ3) is 3.73. The lowest BCUT2D eigenvalue weighted by molar-refractivity contribution is -0.114. The number of nitrogens with one attached hydrogen (secondary N) is 2. The standard InChI is InChI=1S/C15H16N4O2/c1-9(20)18-11-3-5-12(6-4-11)19-15(21)10-2-7-13(16)14(17)8-10/h2-8H,16-17H2,1H3,(H,18,20)(H,19,21). The van der Waals surface area contributed by atoms with E-state index < -0.39 is 0 Å². The monoisotopic (exact) mass is 284 g/mol. The van der Waals surface area contributed by atoms with Gasteiger partial charge in [0.05, 0.1) is 11.4 Å². The molecule has 0 aliphatic heterocycles. The molecule has 0 atom stereocenters. The predicted molar refractivity (Wildman–Crippen MR) is 84.0 cm³/mol. The highest BCUT2D eigenvalue weighted by Crippen LogP contribution is 2.18. The van der Waals surface area contributed by atoms with Crippen LogP contribution in [0.3, 0.4) is 0 Å². The van der Waals surface area contributed by atoms with E-state index in [0.29, 0.717) is 28.3 Å². The quantitative estimate of drug-likeness (QED) is 0.646. The van der Waals surface area contributed by atoms with Crippen molar-refractivity contribution in [2.45, 2.75) is 6.92 Å². The van der Waals surface area contributed by atoms with Gasteiger partial charge in [0, 0.05) is 23.9 Å². The van der Waals surface area contributed by atoms with Crippen molar-refractivity contribution in [3.05, 3.63) is 48.0 Å². The molecule has 6 N–H and O–H groups in total. The van der Waals surface area contributed by atoms with Gasteiger partial charge in [0.2, 0.25) is 5.91 Å². The van der Waals surface area contributed by atoms with E-state index in [1.165, 1.54) is 13.0 Å². The average Bonchev–Trinajstić information content (AvgIpc) is 2.43. The Morgan fingerprint density at radius 1 is 0.857 bits per heavy atom. The Bertz CT molecular complexity index is 681. The minimum atomic E-state index is -0.283. The van der Waals surface area contributed by atoms with Gasteiger partial charge in [-0.25, -0.2) is 0 Å². The van der Waals surface area contributed by atoms with Crippen LogP contribution in [0.15, 0.2) is 42.5 Å². The van der Waals surface area contributed by atoms with Crippen LogP contribution in [-0.4, -0.2) is 11.8 Å². The van der Waals surface area contributed by atoms with Crippen LogP contribution in [0.1, 0.15) is 17.3 Å². The molecule has 6 heteroatoms. The molecular formula is C15H16N4O2. The molecule has 0 spiro atoms. The molecule has 2 aromatic rings. The molecule has 0 saturated carbocycles. The van der Waals surface area contributed by atoms with Gasteiger partial charge in [-0.15, -0.1) is 0 Å². The van der Waals surface area contributed by atoms with Crippen molar-refractivity contribution in [3.63, 3.8) is 0 Å². The number of hydrogen-bond donors (Lipinski definition) is 4. The van der Waals surface area contributed by atoms with E-state index in [-0.39, 0.29) is 11.8 Å². The molecule has 2 rings (SSSR count). The number of anilines is 4. The number of benzene rings is 2. The molecule has 0 fully saturated rings. The van der Waals surface area contributed by atoms with E-state index in [1.807, 2.05) is 0 Å². The second-order valence-electron chi connectivity index (χ2n) is 4.56. The Balaban J connectivity index is 2.08. The summed E-state index contributed by atoms with van der Waals surface area (Å²) < 4.78 is 0. The fraction of sp³-hybridized carbons (Fsp3) is 0.0667. The Hall–Kier alpha value is -3.02. The van der Waals surface area contributed by atoms with E-state index in [1.54, 1.807) is 36.4 Å². The fourth-order valence-corrected chi connectivity index (χ4v) is 1.76. The summed E-state index contributed by atoms with van der Waals surface area (Å²) in [6.45, 7) is 1.43. The predicted octanol–water partition coefficient (Wildman–Crippen LogP) is 2.06. The van der Waals surface area contributed by atoms with Crippen LogP contribution in [0.4, 0.5) is 22.7 Å². The summed E-state index contributed by atoms with van der Waals surface area (Å²) in [5.41, 5.74) is 13.8. The summed E-state index contributed by atoms with van der Waals surface area (Å²) in [4.78, 5) is 23.0. The van der Waals surface area contributed by atoms with Crippen molar-refractivity contribution in [1.29, 1.82) is 0 Å². The third-order valence-electron chi connectivity index (χ3n) is 2.81. The van der Waals surface area contributed by atoms with E-state index in [2.05, 4.69) is 10.6 Å².